The zero-order chi connectivity index (χ0) is 18.3. The number of hydrogen-bond acceptors (Lipinski definition) is 5. The number of aromatic nitrogens is 1. The first kappa shape index (κ1) is 17.0. The highest BCUT2D eigenvalue weighted by Gasteiger charge is 2.49. The second kappa shape index (κ2) is 6.35. The summed E-state index contributed by atoms with van der Waals surface area (Å²) in [6.45, 7) is 4.09. The number of benzene rings is 1. The summed E-state index contributed by atoms with van der Waals surface area (Å²) in [7, 11) is 0. The molecule has 0 radical (unpaired) electrons. The van der Waals surface area contributed by atoms with Crippen molar-refractivity contribution in [2.24, 2.45) is 5.41 Å². The van der Waals surface area contributed by atoms with Crippen LogP contribution < -0.4 is 5.32 Å². The van der Waals surface area contributed by atoms with Crippen LogP contribution in [0.4, 0.5) is 5.13 Å². The van der Waals surface area contributed by atoms with Gasteiger partial charge in [-0.05, 0) is 55.7 Å². The molecule has 26 heavy (non-hydrogen) atoms. The number of nitrogens with zero attached hydrogens (tertiary/aromatic N) is 2. The molecule has 2 unspecified atom stereocenters. The lowest BCUT2D eigenvalue weighted by Gasteiger charge is -2.29. The molecule has 1 aliphatic rings. The van der Waals surface area contributed by atoms with Crippen LogP contribution in [0.1, 0.15) is 39.3 Å². The standard InChI is InChI=1S/C20H17N3OS2/c1-12-3-6-16(26-12)17-15-9-13(11-21)4-5-14(15)10-20(17,2)18(24)23-19-22-7-8-25-19/h3-9,17H,10H2,1-2H3,(H,22,23,24). The Balaban J connectivity index is 1.80. The highest BCUT2D eigenvalue weighted by Crippen LogP contribution is 2.53. The molecule has 3 aromatic rings. The fraction of sp³-hybridized carbons (Fsp3) is 0.250. The van der Waals surface area contributed by atoms with Crippen molar-refractivity contribution in [2.75, 3.05) is 5.32 Å². The molecule has 4 rings (SSSR count). The number of hydrogen-bond donors (Lipinski definition) is 1. The van der Waals surface area contributed by atoms with E-state index in [4.69, 9.17) is 0 Å². The molecular weight excluding hydrogens is 362 g/mol. The third kappa shape index (κ3) is 2.74. The molecule has 0 bridgehead atoms. The second-order valence-corrected chi connectivity index (χ2v) is 9.01. The second-order valence-electron chi connectivity index (χ2n) is 6.79. The Morgan fingerprint density at radius 1 is 1.38 bits per heavy atom. The third-order valence-electron chi connectivity index (χ3n) is 5.00. The molecule has 2 atom stereocenters. The lowest BCUT2D eigenvalue weighted by molar-refractivity contribution is -0.125. The van der Waals surface area contributed by atoms with Crippen molar-refractivity contribution >= 4 is 33.7 Å². The Bertz CT molecular complexity index is 1020. The number of amides is 1. The van der Waals surface area contributed by atoms with Crippen LogP contribution in [0.3, 0.4) is 0 Å². The quantitative estimate of drug-likeness (QED) is 0.716. The lowest BCUT2D eigenvalue weighted by Crippen LogP contribution is -2.37. The number of thiazole rings is 1. The molecule has 0 saturated carbocycles. The van der Waals surface area contributed by atoms with E-state index in [1.165, 1.54) is 16.2 Å². The van der Waals surface area contributed by atoms with Gasteiger partial charge in [0.1, 0.15) is 0 Å². The molecule has 2 heterocycles. The van der Waals surface area contributed by atoms with Gasteiger partial charge < -0.3 is 5.32 Å². The average Bonchev–Trinajstić information content (AvgIpc) is 3.33. The van der Waals surface area contributed by atoms with E-state index in [1.54, 1.807) is 17.5 Å². The van der Waals surface area contributed by atoms with Crippen molar-refractivity contribution in [1.29, 1.82) is 5.26 Å². The van der Waals surface area contributed by atoms with Crippen LogP contribution >= 0.6 is 22.7 Å². The predicted octanol–water partition coefficient (Wildman–Crippen LogP) is 4.72. The Morgan fingerprint density at radius 2 is 2.23 bits per heavy atom. The summed E-state index contributed by atoms with van der Waals surface area (Å²) in [6, 6.07) is 12.2. The first-order valence-corrected chi connectivity index (χ1v) is 10.0. The molecular formula is C20H17N3OS2. The summed E-state index contributed by atoms with van der Waals surface area (Å²) in [5.41, 5.74) is 2.23. The Labute approximate surface area is 160 Å². The van der Waals surface area contributed by atoms with Crippen molar-refractivity contribution in [3.8, 4) is 6.07 Å². The van der Waals surface area contributed by atoms with Crippen LogP contribution in [-0.2, 0) is 11.2 Å². The van der Waals surface area contributed by atoms with E-state index in [9.17, 15) is 10.1 Å². The molecule has 4 nitrogen and oxygen atoms in total. The van der Waals surface area contributed by atoms with Crippen LogP contribution in [0.5, 0.6) is 0 Å². The number of carbonyl (C=O) groups excluding carboxylic acids is 1. The van der Waals surface area contributed by atoms with Gasteiger partial charge in [0.05, 0.1) is 17.0 Å². The van der Waals surface area contributed by atoms with Crippen LogP contribution in [0.25, 0.3) is 0 Å². The average molecular weight is 380 g/mol. The van der Waals surface area contributed by atoms with Gasteiger partial charge in [-0.1, -0.05) is 6.07 Å². The fourth-order valence-corrected chi connectivity index (χ4v) is 5.42. The number of nitriles is 1. The van der Waals surface area contributed by atoms with E-state index in [0.717, 1.165) is 16.0 Å². The minimum absolute atomic E-state index is 0.0294. The van der Waals surface area contributed by atoms with Gasteiger partial charge in [-0.2, -0.15) is 5.26 Å². The number of nitrogens with one attached hydrogen (secondary N) is 1. The lowest BCUT2D eigenvalue weighted by atomic mass is 9.76. The van der Waals surface area contributed by atoms with Crippen LogP contribution in [0.2, 0.25) is 0 Å². The normalized spacial score (nSPS) is 21.2. The molecule has 0 aliphatic heterocycles. The minimum atomic E-state index is -0.626. The van der Waals surface area contributed by atoms with E-state index in [0.29, 0.717) is 17.1 Å². The molecule has 1 aliphatic carbocycles. The van der Waals surface area contributed by atoms with E-state index >= 15 is 0 Å². The maximum absolute atomic E-state index is 13.2. The first-order chi connectivity index (χ1) is 12.5. The Morgan fingerprint density at radius 3 is 2.88 bits per heavy atom. The van der Waals surface area contributed by atoms with Gasteiger partial charge in [-0.3, -0.25) is 4.79 Å². The molecule has 1 N–H and O–H groups in total. The van der Waals surface area contributed by atoms with Crippen LogP contribution in [0, 0.1) is 23.7 Å². The van der Waals surface area contributed by atoms with Crippen LogP contribution in [0.15, 0.2) is 41.9 Å². The maximum atomic E-state index is 13.2. The van der Waals surface area contributed by atoms with Gasteiger partial charge in [-0.15, -0.1) is 22.7 Å². The predicted molar refractivity (Wildman–Crippen MR) is 105 cm³/mol. The summed E-state index contributed by atoms with van der Waals surface area (Å²) in [5, 5.41) is 14.8. The van der Waals surface area contributed by atoms with Gasteiger partial charge in [-0.25, -0.2) is 4.98 Å². The summed E-state index contributed by atoms with van der Waals surface area (Å²) < 4.78 is 0. The Hall–Kier alpha value is -2.49. The molecule has 6 heteroatoms. The van der Waals surface area contributed by atoms with E-state index in [2.05, 4.69) is 35.4 Å². The van der Waals surface area contributed by atoms with Gasteiger partial charge in [0.2, 0.25) is 5.91 Å². The van der Waals surface area contributed by atoms with Crippen molar-refractivity contribution in [3.05, 3.63) is 68.4 Å². The number of fused-ring (bicyclic) bond motifs is 1. The number of thiophene rings is 1. The van der Waals surface area contributed by atoms with E-state index < -0.39 is 5.41 Å². The number of anilines is 1. The topological polar surface area (TPSA) is 65.8 Å². The highest BCUT2D eigenvalue weighted by atomic mass is 32.1. The van der Waals surface area contributed by atoms with E-state index in [-0.39, 0.29) is 11.8 Å². The Kier molecular flexibility index (Phi) is 4.14. The monoisotopic (exact) mass is 379 g/mol. The van der Waals surface area contributed by atoms with Crippen molar-refractivity contribution in [1.82, 2.24) is 4.98 Å². The maximum Gasteiger partial charge on any atom is 0.233 e. The zero-order valence-corrected chi connectivity index (χ0v) is 16.1. The van der Waals surface area contributed by atoms with Gasteiger partial charge >= 0.3 is 0 Å². The van der Waals surface area contributed by atoms with Gasteiger partial charge in [0, 0.05) is 27.2 Å². The van der Waals surface area contributed by atoms with Crippen molar-refractivity contribution < 1.29 is 4.79 Å². The largest absolute Gasteiger partial charge is 0.301 e. The highest BCUT2D eigenvalue weighted by molar-refractivity contribution is 7.13. The molecule has 1 amide bonds. The van der Waals surface area contributed by atoms with Crippen LogP contribution in [-0.4, -0.2) is 10.9 Å². The molecule has 130 valence electrons. The fourth-order valence-electron chi connectivity index (χ4n) is 3.75. The van der Waals surface area contributed by atoms with E-state index in [1.807, 2.05) is 30.5 Å². The number of carbonyl (C=O) groups is 1. The molecule has 0 spiro atoms. The minimum Gasteiger partial charge on any atom is -0.301 e. The third-order valence-corrected chi connectivity index (χ3v) is 6.75. The summed E-state index contributed by atoms with van der Waals surface area (Å²) in [5.74, 6) is -0.0947. The SMILES string of the molecule is Cc1ccc(C2c3cc(C#N)ccc3CC2(C)C(=O)Nc2nccs2)s1. The van der Waals surface area contributed by atoms with Gasteiger partial charge in [0.25, 0.3) is 0 Å². The molecule has 1 aromatic carbocycles. The summed E-state index contributed by atoms with van der Waals surface area (Å²) in [4.78, 5) is 19.8. The number of rotatable bonds is 3. The molecule has 2 aromatic heterocycles. The first-order valence-electron chi connectivity index (χ1n) is 8.31. The summed E-state index contributed by atoms with van der Waals surface area (Å²) >= 11 is 3.13. The smallest absolute Gasteiger partial charge is 0.233 e. The van der Waals surface area contributed by atoms with Gasteiger partial charge in [0.15, 0.2) is 5.13 Å². The number of aryl methyl sites for hydroxylation is 1. The molecule has 0 fully saturated rings. The van der Waals surface area contributed by atoms with Crippen molar-refractivity contribution in [2.45, 2.75) is 26.2 Å². The summed E-state index contributed by atoms with van der Waals surface area (Å²) in [6.07, 6.45) is 2.33. The molecule has 0 saturated heterocycles. The van der Waals surface area contributed by atoms with Crippen molar-refractivity contribution in [3.63, 3.8) is 0 Å². The zero-order valence-electron chi connectivity index (χ0n) is 14.4.